The number of aryl methyl sites for hydroxylation is 2. The lowest BCUT2D eigenvalue weighted by Gasteiger charge is -2.34. The van der Waals surface area contributed by atoms with Gasteiger partial charge in [-0.15, -0.1) is 0 Å². The Balaban J connectivity index is 1.98. The highest BCUT2D eigenvalue weighted by atomic mass is 16.7. The minimum Gasteiger partial charge on any atom is -0.534 e. The number of rotatable bonds is 7. The van der Waals surface area contributed by atoms with E-state index in [1.165, 1.54) is 11.1 Å². The van der Waals surface area contributed by atoms with Crippen LogP contribution in [-0.4, -0.2) is 23.4 Å². The lowest BCUT2D eigenvalue weighted by atomic mass is 9.68. The smallest absolute Gasteiger partial charge is 0.534 e. The third kappa shape index (κ3) is 5.22. The van der Waals surface area contributed by atoms with Crippen LogP contribution in [0.2, 0.25) is 0 Å². The summed E-state index contributed by atoms with van der Waals surface area (Å²) in [7, 11) is -0.422. The fraction of sp³-hybridized carbons (Fsp3) is 0.484. The van der Waals surface area contributed by atoms with E-state index in [4.69, 9.17) is 9.31 Å². The van der Waals surface area contributed by atoms with E-state index in [1.807, 2.05) is 27.7 Å². The van der Waals surface area contributed by atoms with Crippen LogP contribution < -0.4 is 5.46 Å². The molecule has 0 radical (unpaired) electrons. The fourth-order valence-electron chi connectivity index (χ4n) is 4.94. The molecule has 186 valence electrons. The standard InChI is InChI=1S/C31H41BO3/c1-10-30(33,11-2)19-18-25-14-15-26(20-22(25)5)31(12-3,13-4)27-16-17-28(23(6)21-27)32-34-24(7)29(8,9)35-32/h14-17,20-21,33H,7,10-13H2,1-6,8-9H3. The summed E-state index contributed by atoms with van der Waals surface area (Å²) < 4.78 is 12.1. The molecular weight excluding hydrogens is 431 g/mol. The zero-order chi connectivity index (χ0) is 26.0. The third-order valence-corrected chi connectivity index (χ3v) is 7.98. The molecule has 0 aliphatic carbocycles. The van der Waals surface area contributed by atoms with Crippen LogP contribution in [0.3, 0.4) is 0 Å². The van der Waals surface area contributed by atoms with Crippen molar-refractivity contribution in [3.63, 3.8) is 0 Å². The summed E-state index contributed by atoms with van der Waals surface area (Å²) in [6, 6.07) is 13.2. The molecule has 1 saturated heterocycles. The Labute approximate surface area is 213 Å². The van der Waals surface area contributed by atoms with E-state index in [0.29, 0.717) is 18.6 Å². The molecule has 2 aromatic rings. The average Bonchev–Trinajstić information content (AvgIpc) is 3.11. The predicted octanol–water partition coefficient (Wildman–Crippen LogP) is 6.35. The van der Waals surface area contributed by atoms with Gasteiger partial charge in [0.25, 0.3) is 0 Å². The van der Waals surface area contributed by atoms with Gasteiger partial charge in [0.15, 0.2) is 0 Å². The van der Waals surface area contributed by atoms with Crippen molar-refractivity contribution in [3.05, 3.63) is 76.6 Å². The van der Waals surface area contributed by atoms with Crippen molar-refractivity contribution < 1.29 is 14.4 Å². The summed E-state index contributed by atoms with van der Waals surface area (Å²) in [5.41, 5.74) is 5.38. The molecule has 35 heavy (non-hydrogen) atoms. The highest BCUT2D eigenvalue weighted by molar-refractivity contribution is 6.62. The monoisotopic (exact) mass is 472 g/mol. The largest absolute Gasteiger partial charge is 0.563 e. The average molecular weight is 472 g/mol. The van der Waals surface area contributed by atoms with Crippen molar-refractivity contribution in [1.29, 1.82) is 0 Å². The fourth-order valence-corrected chi connectivity index (χ4v) is 4.94. The molecular formula is C31H41BO3. The van der Waals surface area contributed by atoms with Gasteiger partial charge in [0.2, 0.25) is 0 Å². The van der Waals surface area contributed by atoms with Gasteiger partial charge in [-0.05, 0) is 87.2 Å². The molecule has 1 aliphatic rings. The van der Waals surface area contributed by atoms with E-state index >= 15 is 0 Å². The first kappa shape index (κ1) is 27.1. The Morgan fingerprint density at radius 3 is 1.94 bits per heavy atom. The van der Waals surface area contributed by atoms with Gasteiger partial charge in [0.05, 0.1) is 5.76 Å². The Kier molecular flexibility index (Phi) is 7.94. The molecule has 0 bridgehead atoms. The van der Waals surface area contributed by atoms with Gasteiger partial charge in [-0.2, -0.15) is 0 Å². The van der Waals surface area contributed by atoms with E-state index < -0.39 is 18.3 Å². The quantitative estimate of drug-likeness (QED) is 0.377. The molecule has 0 saturated carbocycles. The van der Waals surface area contributed by atoms with Crippen molar-refractivity contribution in [2.24, 2.45) is 0 Å². The Bertz CT molecular complexity index is 1140. The van der Waals surface area contributed by atoms with Gasteiger partial charge in [0, 0.05) is 11.0 Å². The number of hydrogen-bond donors (Lipinski definition) is 1. The maximum Gasteiger partial charge on any atom is 0.563 e. The van der Waals surface area contributed by atoms with Crippen LogP contribution in [0.15, 0.2) is 48.7 Å². The molecule has 1 fully saturated rings. The van der Waals surface area contributed by atoms with Gasteiger partial charge in [-0.25, -0.2) is 0 Å². The van der Waals surface area contributed by atoms with E-state index in [1.54, 1.807) is 0 Å². The Morgan fingerprint density at radius 1 is 0.914 bits per heavy atom. The Morgan fingerprint density at radius 2 is 1.49 bits per heavy atom. The molecule has 3 rings (SSSR count). The van der Waals surface area contributed by atoms with Crippen LogP contribution in [-0.2, 0) is 14.7 Å². The number of hydrogen-bond acceptors (Lipinski definition) is 3. The molecule has 0 atom stereocenters. The van der Waals surface area contributed by atoms with E-state index in [2.05, 4.69) is 82.5 Å². The van der Waals surface area contributed by atoms with Crippen LogP contribution in [0.5, 0.6) is 0 Å². The first-order valence-corrected chi connectivity index (χ1v) is 13.0. The molecule has 0 spiro atoms. The van der Waals surface area contributed by atoms with Crippen molar-refractivity contribution in [2.75, 3.05) is 0 Å². The van der Waals surface area contributed by atoms with Crippen molar-refractivity contribution >= 4 is 12.6 Å². The Hall–Kier alpha value is -2.48. The van der Waals surface area contributed by atoms with Gasteiger partial charge in [0.1, 0.15) is 11.2 Å². The predicted molar refractivity (Wildman–Crippen MR) is 147 cm³/mol. The second-order valence-electron chi connectivity index (χ2n) is 10.4. The van der Waals surface area contributed by atoms with E-state index in [9.17, 15) is 5.11 Å². The van der Waals surface area contributed by atoms with Gasteiger partial charge in [-0.1, -0.05) is 76.4 Å². The molecule has 1 heterocycles. The van der Waals surface area contributed by atoms with Crippen LogP contribution in [0.25, 0.3) is 0 Å². The van der Waals surface area contributed by atoms with Crippen LogP contribution >= 0.6 is 0 Å². The highest BCUT2D eigenvalue weighted by Crippen LogP contribution is 2.40. The number of benzene rings is 2. The summed E-state index contributed by atoms with van der Waals surface area (Å²) in [4.78, 5) is 0. The van der Waals surface area contributed by atoms with E-state index in [-0.39, 0.29) is 5.41 Å². The maximum atomic E-state index is 10.6. The van der Waals surface area contributed by atoms with E-state index in [0.717, 1.165) is 35.0 Å². The lowest BCUT2D eigenvalue weighted by molar-refractivity contribution is 0.0931. The molecule has 1 N–H and O–H groups in total. The van der Waals surface area contributed by atoms with Crippen LogP contribution in [0, 0.1) is 25.7 Å². The SMILES string of the molecule is C=C1OB(c2ccc(C(CC)(CC)c3ccc(C#CC(O)(CC)CC)c(C)c3)cc2C)OC1(C)C. The molecule has 2 aromatic carbocycles. The molecule has 3 nitrogen and oxygen atoms in total. The minimum absolute atomic E-state index is 0.103. The summed E-state index contributed by atoms with van der Waals surface area (Å²) in [6.45, 7) is 20.7. The second kappa shape index (κ2) is 10.3. The van der Waals surface area contributed by atoms with Gasteiger partial charge in [-0.3, -0.25) is 0 Å². The molecule has 1 aliphatic heterocycles. The lowest BCUT2D eigenvalue weighted by Crippen LogP contribution is -2.37. The normalized spacial score (nSPS) is 15.6. The highest BCUT2D eigenvalue weighted by Gasteiger charge is 2.43. The first-order valence-electron chi connectivity index (χ1n) is 13.0. The zero-order valence-electron chi connectivity index (χ0n) is 22.8. The van der Waals surface area contributed by atoms with Crippen molar-refractivity contribution in [3.8, 4) is 11.8 Å². The molecule has 0 amide bonds. The van der Waals surface area contributed by atoms with Crippen LogP contribution in [0.4, 0.5) is 0 Å². The van der Waals surface area contributed by atoms with Gasteiger partial charge < -0.3 is 14.4 Å². The summed E-state index contributed by atoms with van der Waals surface area (Å²) in [5, 5.41) is 10.6. The summed E-state index contributed by atoms with van der Waals surface area (Å²) in [6.07, 6.45) is 3.22. The van der Waals surface area contributed by atoms with Crippen LogP contribution in [0.1, 0.15) is 95.0 Å². The molecule has 0 unspecified atom stereocenters. The van der Waals surface area contributed by atoms with Crippen molar-refractivity contribution in [2.45, 2.75) is 97.7 Å². The van der Waals surface area contributed by atoms with Crippen molar-refractivity contribution in [1.82, 2.24) is 0 Å². The van der Waals surface area contributed by atoms with Gasteiger partial charge >= 0.3 is 7.12 Å². The summed E-state index contributed by atoms with van der Waals surface area (Å²) in [5.74, 6) is 6.99. The number of aliphatic hydroxyl groups is 1. The molecule has 0 aromatic heterocycles. The first-order chi connectivity index (χ1) is 16.4. The molecule has 4 heteroatoms. The second-order valence-corrected chi connectivity index (χ2v) is 10.4. The summed E-state index contributed by atoms with van der Waals surface area (Å²) >= 11 is 0. The zero-order valence-corrected chi connectivity index (χ0v) is 22.8. The topological polar surface area (TPSA) is 38.7 Å². The minimum atomic E-state index is -0.921. The maximum absolute atomic E-state index is 10.6. The third-order valence-electron chi connectivity index (χ3n) is 7.98.